The van der Waals surface area contributed by atoms with E-state index in [2.05, 4.69) is 40.0 Å². The van der Waals surface area contributed by atoms with Crippen LogP contribution in [-0.2, 0) is 6.42 Å². The van der Waals surface area contributed by atoms with Crippen LogP contribution in [-0.4, -0.2) is 47.6 Å². The van der Waals surface area contributed by atoms with Gasteiger partial charge in [-0.1, -0.05) is 36.4 Å². The molecule has 31 heavy (non-hydrogen) atoms. The van der Waals surface area contributed by atoms with Crippen molar-refractivity contribution in [2.45, 2.75) is 32.2 Å². The summed E-state index contributed by atoms with van der Waals surface area (Å²) in [6.45, 7) is 3.94. The second-order valence-electron chi connectivity index (χ2n) is 7.98. The number of carbonyl (C=O) groups is 2. The number of urea groups is 2. The van der Waals surface area contributed by atoms with Crippen molar-refractivity contribution in [1.82, 2.24) is 20.5 Å². The number of piperidine rings is 1. The summed E-state index contributed by atoms with van der Waals surface area (Å²) in [6.07, 6.45) is 2.29. The van der Waals surface area contributed by atoms with Crippen LogP contribution in [0.2, 0.25) is 0 Å². The lowest BCUT2D eigenvalue weighted by Crippen LogP contribution is -2.50. The second kappa shape index (κ2) is 9.55. The van der Waals surface area contributed by atoms with E-state index in [9.17, 15) is 9.59 Å². The van der Waals surface area contributed by atoms with Gasteiger partial charge < -0.3 is 25.8 Å². The molecule has 7 nitrogen and oxygen atoms in total. The fraction of sp³-hybridized carbons (Fsp3) is 0.333. The maximum absolute atomic E-state index is 12.6. The van der Waals surface area contributed by atoms with Crippen LogP contribution >= 0.6 is 0 Å². The van der Waals surface area contributed by atoms with E-state index >= 15 is 0 Å². The van der Waals surface area contributed by atoms with Crippen LogP contribution in [0.15, 0.2) is 54.6 Å². The normalized spacial score (nSPS) is 14.4. The van der Waals surface area contributed by atoms with Gasteiger partial charge in [0.25, 0.3) is 0 Å². The van der Waals surface area contributed by atoms with Crippen LogP contribution in [0.1, 0.15) is 24.1 Å². The van der Waals surface area contributed by atoms with Crippen molar-refractivity contribution < 1.29 is 9.59 Å². The first-order valence-corrected chi connectivity index (χ1v) is 10.8. The summed E-state index contributed by atoms with van der Waals surface area (Å²) >= 11 is 0. The van der Waals surface area contributed by atoms with Crippen LogP contribution in [0.4, 0.5) is 15.3 Å². The van der Waals surface area contributed by atoms with Crippen molar-refractivity contribution in [1.29, 1.82) is 0 Å². The molecule has 1 aliphatic heterocycles. The Kier molecular flexibility index (Phi) is 6.40. The predicted molar refractivity (Wildman–Crippen MR) is 123 cm³/mol. The highest BCUT2D eigenvalue weighted by molar-refractivity contribution is 5.89. The molecule has 0 radical (unpaired) electrons. The van der Waals surface area contributed by atoms with E-state index < -0.39 is 0 Å². The van der Waals surface area contributed by atoms with Gasteiger partial charge in [-0.25, -0.2) is 9.59 Å². The topological polar surface area (TPSA) is 89.3 Å². The van der Waals surface area contributed by atoms with Gasteiger partial charge in [-0.3, -0.25) is 0 Å². The van der Waals surface area contributed by atoms with Crippen LogP contribution in [0.3, 0.4) is 0 Å². The average molecular weight is 420 g/mol. The fourth-order valence-corrected chi connectivity index (χ4v) is 4.16. The number of aryl methyl sites for hydroxylation is 1. The molecule has 4 N–H and O–H groups in total. The molecule has 0 bridgehead atoms. The molecule has 4 rings (SSSR count). The summed E-state index contributed by atoms with van der Waals surface area (Å²) in [7, 11) is 0. The van der Waals surface area contributed by atoms with E-state index in [1.54, 1.807) is 0 Å². The van der Waals surface area contributed by atoms with Gasteiger partial charge in [-0.05, 0) is 49.9 Å². The molecule has 4 amide bonds. The lowest BCUT2D eigenvalue weighted by atomic mass is 10.1. The Morgan fingerprint density at radius 1 is 1.03 bits per heavy atom. The van der Waals surface area contributed by atoms with Crippen LogP contribution < -0.4 is 16.0 Å². The highest BCUT2D eigenvalue weighted by atomic mass is 16.2. The number of hydrogen-bond donors (Lipinski definition) is 4. The van der Waals surface area contributed by atoms with Crippen molar-refractivity contribution in [3.8, 4) is 0 Å². The number of para-hydroxylation sites is 2. The molecular weight excluding hydrogens is 390 g/mol. The Hall–Kier alpha value is -3.48. The van der Waals surface area contributed by atoms with Crippen molar-refractivity contribution in [3.05, 3.63) is 65.9 Å². The van der Waals surface area contributed by atoms with E-state index in [4.69, 9.17) is 0 Å². The summed E-state index contributed by atoms with van der Waals surface area (Å²) in [5.74, 6) is 0. The number of amides is 4. The lowest BCUT2D eigenvalue weighted by molar-refractivity contribution is 0.177. The van der Waals surface area contributed by atoms with Crippen LogP contribution in [0.25, 0.3) is 10.9 Å². The molecule has 2 heterocycles. The van der Waals surface area contributed by atoms with Gasteiger partial charge in [0.15, 0.2) is 0 Å². The number of aromatic amines is 1. The number of anilines is 1. The molecule has 0 saturated carbocycles. The van der Waals surface area contributed by atoms with E-state index in [1.165, 1.54) is 10.9 Å². The number of fused-ring (bicyclic) bond motifs is 1. The molecular formula is C24H29N5O2. The van der Waals surface area contributed by atoms with Gasteiger partial charge in [-0.15, -0.1) is 0 Å². The monoisotopic (exact) mass is 419 g/mol. The first kappa shape index (κ1) is 20.8. The zero-order valence-electron chi connectivity index (χ0n) is 17.8. The Balaban J connectivity index is 1.19. The number of carbonyl (C=O) groups excluding carboxylic acids is 2. The molecule has 1 aromatic heterocycles. The quantitative estimate of drug-likeness (QED) is 0.503. The fourth-order valence-electron chi connectivity index (χ4n) is 4.16. The van der Waals surface area contributed by atoms with Crippen LogP contribution in [0.5, 0.6) is 0 Å². The minimum atomic E-state index is -0.205. The number of H-pyrrole nitrogens is 1. The average Bonchev–Trinajstić information content (AvgIpc) is 3.10. The summed E-state index contributed by atoms with van der Waals surface area (Å²) in [5.41, 5.74) is 4.30. The van der Waals surface area contributed by atoms with Gasteiger partial charge >= 0.3 is 12.1 Å². The Morgan fingerprint density at radius 2 is 1.74 bits per heavy atom. The number of nitrogens with one attached hydrogen (secondary N) is 4. The third-order valence-electron chi connectivity index (χ3n) is 5.83. The van der Waals surface area contributed by atoms with Crippen molar-refractivity contribution in [2.75, 3.05) is 25.0 Å². The van der Waals surface area contributed by atoms with Gasteiger partial charge in [-0.2, -0.15) is 0 Å². The third-order valence-corrected chi connectivity index (χ3v) is 5.83. The zero-order valence-corrected chi connectivity index (χ0v) is 17.8. The van der Waals surface area contributed by atoms with E-state index in [1.807, 2.05) is 47.4 Å². The number of benzene rings is 2. The van der Waals surface area contributed by atoms with Gasteiger partial charge in [0.2, 0.25) is 0 Å². The first-order valence-electron chi connectivity index (χ1n) is 10.8. The third kappa shape index (κ3) is 5.17. The molecule has 1 aliphatic rings. The molecule has 162 valence electrons. The number of hydrogen-bond acceptors (Lipinski definition) is 2. The molecule has 7 heteroatoms. The predicted octanol–water partition coefficient (Wildman–Crippen LogP) is 4.01. The largest absolute Gasteiger partial charge is 0.358 e. The Morgan fingerprint density at radius 3 is 2.52 bits per heavy atom. The highest BCUT2D eigenvalue weighted by Crippen LogP contribution is 2.22. The maximum atomic E-state index is 12.6. The van der Waals surface area contributed by atoms with E-state index in [0.717, 1.165) is 36.2 Å². The van der Waals surface area contributed by atoms with Crippen LogP contribution in [0, 0.1) is 6.92 Å². The molecule has 0 spiro atoms. The second-order valence-corrected chi connectivity index (χ2v) is 7.98. The summed E-state index contributed by atoms with van der Waals surface area (Å²) in [5, 5.41) is 10.1. The molecule has 0 aliphatic carbocycles. The molecule has 1 fully saturated rings. The summed E-state index contributed by atoms with van der Waals surface area (Å²) in [4.78, 5) is 29.9. The smallest absolute Gasteiger partial charge is 0.319 e. The Bertz CT molecular complexity index is 1040. The molecule has 2 aromatic carbocycles. The highest BCUT2D eigenvalue weighted by Gasteiger charge is 2.23. The maximum Gasteiger partial charge on any atom is 0.319 e. The molecule has 3 aromatic rings. The minimum Gasteiger partial charge on any atom is -0.358 e. The molecule has 0 atom stereocenters. The molecule has 0 unspecified atom stereocenters. The van der Waals surface area contributed by atoms with Gasteiger partial charge in [0.1, 0.15) is 0 Å². The summed E-state index contributed by atoms with van der Waals surface area (Å²) < 4.78 is 0. The number of aromatic nitrogens is 1. The first-order chi connectivity index (χ1) is 15.1. The standard InChI is InChI=1S/C24H29N5O2/c1-17-20(21-9-5-6-10-22(21)26-17)11-14-25-24(31)29-15-12-19(13-16-29)28-23(30)27-18-7-3-2-4-8-18/h2-10,19,26H,11-16H2,1H3,(H,25,31)(H2,27,28,30). The van der Waals surface area contributed by atoms with Gasteiger partial charge in [0, 0.05) is 48.0 Å². The van der Waals surface area contributed by atoms with E-state index in [0.29, 0.717) is 19.6 Å². The van der Waals surface area contributed by atoms with Crippen molar-refractivity contribution in [3.63, 3.8) is 0 Å². The number of likely N-dealkylation sites (tertiary alicyclic amines) is 1. The number of nitrogens with zero attached hydrogens (tertiary/aromatic N) is 1. The van der Waals surface area contributed by atoms with Crippen molar-refractivity contribution >= 4 is 28.7 Å². The van der Waals surface area contributed by atoms with Crippen molar-refractivity contribution in [2.24, 2.45) is 0 Å². The SMILES string of the molecule is Cc1[nH]c2ccccc2c1CCNC(=O)N1CCC(NC(=O)Nc2ccccc2)CC1. The van der Waals surface area contributed by atoms with Gasteiger partial charge in [0.05, 0.1) is 0 Å². The van der Waals surface area contributed by atoms with E-state index in [-0.39, 0.29) is 18.1 Å². The lowest BCUT2D eigenvalue weighted by Gasteiger charge is -2.32. The number of rotatable bonds is 5. The summed E-state index contributed by atoms with van der Waals surface area (Å²) in [6, 6.07) is 17.4. The molecule has 1 saturated heterocycles. The Labute approximate surface area is 182 Å². The minimum absolute atomic E-state index is 0.0373. The zero-order chi connectivity index (χ0) is 21.6.